The van der Waals surface area contributed by atoms with Crippen molar-refractivity contribution in [2.24, 2.45) is 0 Å². The van der Waals surface area contributed by atoms with Gasteiger partial charge < -0.3 is 9.15 Å². The summed E-state index contributed by atoms with van der Waals surface area (Å²) in [6, 6.07) is 20.5. The zero-order valence-corrected chi connectivity index (χ0v) is 15.4. The monoisotopic (exact) mass is 379 g/mol. The van der Waals surface area contributed by atoms with Crippen molar-refractivity contribution in [1.82, 2.24) is 0 Å². The summed E-state index contributed by atoms with van der Waals surface area (Å²) in [6.45, 7) is 2.14. The van der Waals surface area contributed by atoms with Gasteiger partial charge in [0.1, 0.15) is 29.9 Å². The van der Waals surface area contributed by atoms with E-state index in [1.165, 1.54) is 18.2 Å². The van der Waals surface area contributed by atoms with Gasteiger partial charge in [0.05, 0.1) is 4.90 Å². The van der Waals surface area contributed by atoms with Crippen molar-refractivity contribution in [3.05, 3.63) is 88.7 Å². The van der Waals surface area contributed by atoms with Crippen LogP contribution in [0.5, 0.6) is 5.75 Å². The molecule has 0 aliphatic rings. The van der Waals surface area contributed by atoms with Crippen LogP contribution in [0.25, 0.3) is 6.08 Å². The Morgan fingerprint density at radius 2 is 1.78 bits per heavy atom. The molecule has 136 valence electrons. The van der Waals surface area contributed by atoms with Gasteiger partial charge in [0.25, 0.3) is 0 Å². The van der Waals surface area contributed by atoms with E-state index < -0.39 is 9.84 Å². The topological polar surface area (TPSA) is 80.3 Å². The Balaban J connectivity index is 1.79. The predicted molar refractivity (Wildman–Crippen MR) is 101 cm³/mol. The first-order valence-corrected chi connectivity index (χ1v) is 9.68. The van der Waals surface area contributed by atoms with E-state index in [2.05, 4.69) is 0 Å². The SMILES string of the molecule is Cc1ccccc1OCc1ccc(C=C(C#N)S(=O)(=O)c2ccccc2)o1. The van der Waals surface area contributed by atoms with Crippen molar-refractivity contribution in [3.8, 4) is 11.8 Å². The van der Waals surface area contributed by atoms with E-state index in [1.54, 1.807) is 36.4 Å². The van der Waals surface area contributed by atoms with Crippen molar-refractivity contribution in [1.29, 1.82) is 5.26 Å². The molecule has 0 bridgehead atoms. The lowest BCUT2D eigenvalue weighted by Gasteiger charge is -2.06. The molecular formula is C21H17NO4S. The molecule has 0 atom stereocenters. The molecule has 27 heavy (non-hydrogen) atoms. The van der Waals surface area contributed by atoms with Crippen molar-refractivity contribution < 1.29 is 17.6 Å². The lowest BCUT2D eigenvalue weighted by atomic mass is 10.2. The number of sulfone groups is 1. The number of benzene rings is 2. The average Bonchev–Trinajstić information content (AvgIpc) is 3.13. The Labute approximate surface area is 158 Å². The van der Waals surface area contributed by atoms with Crippen molar-refractivity contribution in [2.75, 3.05) is 0 Å². The van der Waals surface area contributed by atoms with E-state index in [4.69, 9.17) is 9.15 Å². The van der Waals surface area contributed by atoms with Crippen LogP contribution >= 0.6 is 0 Å². The molecule has 0 saturated carbocycles. The number of allylic oxidation sites excluding steroid dienone is 1. The quantitative estimate of drug-likeness (QED) is 0.589. The second kappa shape index (κ2) is 7.94. The number of nitrogens with zero attached hydrogens (tertiary/aromatic N) is 1. The molecule has 3 aromatic rings. The summed E-state index contributed by atoms with van der Waals surface area (Å²) in [7, 11) is -3.89. The van der Waals surface area contributed by atoms with E-state index in [1.807, 2.05) is 31.2 Å². The van der Waals surface area contributed by atoms with Crippen molar-refractivity contribution >= 4 is 15.9 Å². The van der Waals surface area contributed by atoms with Gasteiger partial charge in [-0.2, -0.15) is 5.26 Å². The van der Waals surface area contributed by atoms with Gasteiger partial charge in [0, 0.05) is 6.08 Å². The van der Waals surface area contributed by atoms with Crippen LogP contribution in [-0.4, -0.2) is 8.42 Å². The molecule has 1 heterocycles. The van der Waals surface area contributed by atoms with E-state index in [0.29, 0.717) is 5.76 Å². The maximum Gasteiger partial charge on any atom is 0.216 e. The number of ether oxygens (including phenoxy) is 1. The predicted octanol–water partition coefficient (Wildman–Crippen LogP) is 4.51. The number of hydrogen-bond acceptors (Lipinski definition) is 5. The van der Waals surface area contributed by atoms with Crippen LogP contribution < -0.4 is 4.74 Å². The third-order valence-corrected chi connectivity index (χ3v) is 5.55. The van der Waals surface area contributed by atoms with Crippen LogP contribution in [-0.2, 0) is 16.4 Å². The highest BCUT2D eigenvalue weighted by atomic mass is 32.2. The van der Waals surface area contributed by atoms with Crippen LogP contribution in [0.2, 0.25) is 0 Å². The Morgan fingerprint density at radius 1 is 1.07 bits per heavy atom. The van der Waals surface area contributed by atoms with Gasteiger partial charge in [-0.25, -0.2) is 8.42 Å². The number of rotatable bonds is 6. The smallest absolute Gasteiger partial charge is 0.216 e. The highest BCUT2D eigenvalue weighted by Gasteiger charge is 2.21. The third kappa shape index (κ3) is 4.27. The fourth-order valence-electron chi connectivity index (χ4n) is 2.44. The zero-order valence-electron chi connectivity index (χ0n) is 14.6. The summed E-state index contributed by atoms with van der Waals surface area (Å²) in [5.74, 6) is 1.55. The van der Waals surface area contributed by atoms with Gasteiger partial charge in [-0.05, 0) is 42.8 Å². The summed E-state index contributed by atoms with van der Waals surface area (Å²) in [5.41, 5.74) is 1.00. The Kier molecular flexibility index (Phi) is 5.43. The highest BCUT2D eigenvalue weighted by molar-refractivity contribution is 7.95. The summed E-state index contributed by atoms with van der Waals surface area (Å²) in [6.07, 6.45) is 1.22. The second-order valence-corrected chi connectivity index (χ2v) is 7.71. The molecule has 2 aromatic carbocycles. The number of nitriles is 1. The standard InChI is InChI=1S/C21H17NO4S/c1-16-7-5-6-10-21(16)25-15-18-12-11-17(26-18)13-20(14-22)27(23,24)19-8-3-2-4-9-19/h2-13H,15H2,1H3. The fourth-order valence-corrected chi connectivity index (χ4v) is 3.60. The van der Waals surface area contributed by atoms with Crippen LogP contribution in [0.4, 0.5) is 0 Å². The third-order valence-electron chi connectivity index (χ3n) is 3.87. The molecule has 0 unspecified atom stereocenters. The highest BCUT2D eigenvalue weighted by Crippen LogP contribution is 2.23. The molecular weight excluding hydrogens is 362 g/mol. The number of aryl methyl sites for hydroxylation is 1. The average molecular weight is 379 g/mol. The van der Waals surface area contributed by atoms with E-state index >= 15 is 0 Å². The minimum Gasteiger partial charge on any atom is -0.485 e. The minimum atomic E-state index is -3.89. The molecule has 1 aromatic heterocycles. The van der Waals surface area contributed by atoms with E-state index in [-0.39, 0.29) is 22.2 Å². The van der Waals surface area contributed by atoms with Gasteiger partial charge in [-0.3, -0.25) is 0 Å². The van der Waals surface area contributed by atoms with Gasteiger partial charge in [0.2, 0.25) is 9.84 Å². The zero-order chi connectivity index (χ0) is 19.3. The maximum atomic E-state index is 12.6. The molecule has 6 heteroatoms. The van der Waals surface area contributed by atoms with Crippen LogP contribution in [0, 0.1) is 18.3 Å². The van der Waals surface area contributed by atoms with Gasteiger partial charge in [0.15, 0.2) is 4.91 Å². The lowest BCUT2D eigenvalue weighted by Crippen LogP contribution is -2.03. The number of furan rings is 1. The molecule has 0 fully saturated rings. The Hall–Kier alpha value is -3.30. The first-order chi connectivity index (χ1) is 13.0. The lowest BCUT2D eigenvalue weighted by molar-refractivity contribution is 0.268. The second-order valence-electron chi connectivity index (χ2n) is 5.80. The summed E-state index contributed by atoms with van der Waals surface area (Å²) in [4.78, 5) is -0.318. The normalized spacial score (nSPS) is 11.8. The minimum absolute atomic E-state index is 0.0625. The summed E-state index contributed by atoms with van der Waals surface area (Å²) >= 11 is 0. The van der Waals surface area contributed by atoms with Crippen LogP contribution in [0.1, 0.15) is 17.1 Å². The van der Waals surface area contributed by atoms with Crippen LogP contribution in [0.15, 0.2) is 80.9 Å². The molecule has 0 radical (unpaired) electrons. The van der Waals surface area contributed by atoms with Gasteiger partial charge >= 0.3 is 0 Å². The molecule has 3 rings (SSSR count). The maximum absolute atomic E-state index is 12.6. The first kappa shape index (κ1) is 18.5. The molecule has 0 aliphatic carbocycles. The molecule has 0 aliphatic heterocycles. The van der Waals surface area contributed by atoms with E-state index in [9.17, 15) is 13.7 Å². The van der Waals surface area contributed by atoms with Crippen molar-refractivity contribution in [2.45, 2.75) is 18.4 Å². The van der Waals surface area contributed by atoms with E-state index in [0.717, 1.165) is 11.3 Å². The largest absolute Gasteiger partial charge is 0.485 e. The molecule has 0 spiro atoms. The summed E-state index contributed by atoms with van der Waals surface area (Å²) in [5, 5.41) is 9.31. The Morgan fingerprint density at radius 3 is 2.48 bits per heavy atom. The molecule has 5 nitrogen and oxygen atoms in total. The van der Waals surface area contributed by atoms with Gasteiger partial charge in [-0.1, -0.05) is 36.4 Å². The van der Waals surface area contributed by atoms with Gasteiger partial charge in [-0.15, -0.1) is 0 Å². The number of hydrogen-bond donors (Lipinski definition) is 0. The molecule has 0 N–H and O–H groups in total. The van der Waals surface area contributed by atoms with Crippen molar-refractivity contribution in [3.63, 3.8) is 0 Å². The Bertz CT molecular complexity index is 1110. The first-order valence-electron chi connectivity index (χ1n) is 8.20. The number of para-hydroxylation sites is 1. The fraction of sp³-hybridized carbons (Fsp3) is 0.0952. The summed E-state index contributed by atoms with van der Waals surface area (Å²) < 4.78 is 36.4. The molecule has 0 amide bonds. The van der Waals surface area contributed by atoms with Crippen LogP contribution in [0.3, 0.4) is 0 Å². The molecule has 0 saturated heterocycles.